The largest absolute Gasteiger partial charge is 0.416 e. The molecule has 0 aromatic heterocycles. The predicted molar refractivity (Wildman–Crippen MR) is 101 cm³/mol. The van der Waals surface area contributed by atoms with E-state index in [0.29, 0.717) is 11.6 Å². The lowest BCUT2D eigenvalue weighted by Crippen LogP contribution is -2.34. The molecule has 2 aromatic carbocycles. The molecule has 3 nitrogen and oxygen atoms in total. The third-order valence-electron chi connectivity index (χ3n) is 5.10. The zero-order chi connectivity index (χ0) is 19.4. The van der Waals surface area contributed by atoms with Crippen molar-refractivity contribution in [3.05, 3.63) is 59.7 Å². The molecule has 27 heavy (non-hydrogen) atoms. The Kier molecular flexibility index (Phi) is 5.73. The van der Waals surface area contributed by atoms with E-state index in [1.54, 1.807) is 12.1 Å². The van der Waals surface area contributed by atoms with Crippen LogP contribution >= 0.6 is 0 Å². The molecule has 0 atom stereocenters. The predicted octanol–water partition coefficient (Wildman–Crippen LogP) is 5.73. The van der Waals surface area contributed by atoms with Gasteiger partial charge in [-0.2, -0.15) is 13.2 Å². The number of halogens is 3. The molecule has 0 bridgehead atoms. The third-order valence-corrected chi connectivity index (χ3v) is 5.10. The fourth-order valence-electron chi connectivity index (χ4n) is 3.61. The summed E-state index contributed by atoms with van der Waals surface area (Å²) in [5.41, 5.74) is 0.606. The molecule has 1 amide bonds. The van der Waals surface area contributed by atoms with Gasteiger partial charge in [-0.25, -0.2) is 0 Å². The van der Waals surface area contributed by atoms with Crippen molar-refractivity contribution in [1.29, 1.82) is 0 Å². The maximum Gasteiger partial charge on any atom is 0.416 e. The van der Waals surface area contributed by atoms with Gasteiger partial charge in [-0.15, -0.1) is 0 Å². The summed E-state index contributed by atoms with van der Waals surface area (Å²) in [6.07, 6.45) is 1.31. The fraction of sp³-hybridized carbons (Fsp3) is 0.381. The van der Waals surface area contributed by atoms with E-state index in [0.717, 1.165) is 30.7 Å². The minimum absolute atomic E-state index is 0.130. The molecule has 1 saturated carbocycles. The normalized spacial score (nSPS) is 15.4. The van der Waals surface area contributed by atoms with E-state index in [1.165, 1.54) is 31.4 Å². The molecule has 2 aromatic rings. The highest BCUT2D eigenvalue weighted by atomic mass is 19.4. The van der Waals surface area contributed by atoms with Gasteiger partial charge in [-0.05, 0) is 43.2 Å². The van der Waals surface area contributed by atoms with Gasteiger partial charge in [0.15, 0.2) is 0 Å². The first-order chi connectivity index (χ1) is 12.9. The van der Waals surface area contributed by atoms with E-state index < -0.39 is 17.6 Å². The highest BCUT2D eigenvalue weighted by Gasteiger charge is 2.30. The van der Waals surface area contributed by atoms with Crippen LogP contribution in [-0.4, -0.2) is 19.0 Å². The summed E-state index contributed by atoms with van der Waals surface area (Å²) in [4.78, 5) is 14.9. The Morgan fingerprint density at radius 3 is 2.44 bits per heavy atom. The number of anilines is 2. The number of benzene rings is 2. The van der Waals surface area contributed by atoms with Gasteiger partial charge in [-0.1, -0.05) is 37.5 Å². The maximum absolute atomic E-state index is 12.9. The van der Waals surface area contributed by atoms with E-state index >= 15 is 0 Å². The number of nitrogens with one attached hydrogen (secondary N) is 1. The van der Waals surface area contributed by atoms with Crippen LogP contribution in [0.4, 0.5) is 24.5 Å². The summed E-state index contributed by atoms with van der Waals surface area (Å²) in [5.74, 6) is -0.410. The lowest BCUT2D eigenvalue weighted by atomic mass is 9.93. The SMILES string of the molecule is CN(c1ccccc1C(=O)Nc1cccc(C(F)(F)F)c1)C1CCCCC1. The van der Waals surface area contributed by atoms with Crippen LogP contribution in [0.15, 0.2) is 48.5 Å². The van der Waals surface area contributed by atoms with Gasteiger partial charge in [0.05, 0.1) is 11.1 Å². The van der Waals surface area contributed by atoms with Crippen LogP contribution in [0.5, 0.6) is 0 Å². The number of hydrogen-bond donors (Lipinski definition) is 1. The zero-order valence-electron chi connectivity index (χ0n) is 15.2. The van der Waals surface area contributed by atoms with E-state index in [9.17, 15) is 18.0 Å². The molecule has 1 N–H and O–H groups in total. The van der Waals surface area contributed by atoms with Crippen LogP contribution in [0.3, 0.4) is 0 Å². The van der Waals surface area contributed by atoms with Crippen LogP contribution < -0.4 is 10.2 Å². The topological polar surface area (TPSA) is 32.3 Å². The third kappa shape index (κ3) is 4.62. The Bertz CT molecular complexity index is 798. The molecular formula is C21H23F3N2O. The minimum atomic E-state index is -4.44. The molecule has 0 spiro atoms. The van der Waals surface area contributed by atoms with E-state index in [2.05, 4.69) is 10.2 Å². The number of carbonyl (C=O) groups is 1. The van der Waals surface area contributed by atoms with Crippen LogP contribution in [0.2, 0.25) is 0 Å². The second kappa shape index (κ2) is 8.03. The minimum Gasteiger partial charge on any atom is -0.371 e. The number of amides is 1. The Hall–Kier alpha value is -2.50. The fourth-order valence-corrected chi connectivity index (χ4v) is 3.61. The first-order valence-corrected chi connectivity index (χ1v) is 9.17. The molecule has 0 aliphatic heterocycles. The average Bonchev–Trinajstić information content (AvgIpc) is 2.67. The second-order valence-corrected chi connectivity index (χ2v) is 6.95. The van der Waals surface area contributed by atoms with Gasteiger partial charge in [0.2, 0.25) is 0 Å². The van der Waals surface area contributed by atoms with Gasteiger partial charge in [0.1, 0.15) is 0 Å². The average molecular weight is 376 g/mol. The summed E-state index contributed by atoms with van der Waals surface area (Å²) in [5, 5.41) is 2.60. The number of alkyl halides is 3. The molecule has 6 heteroatoms. The zero-order valence-corrected chi connectivity index (χ0v) is 15.2. The lowest BCUT2D eigenvalue weighted by Gasteiger charge is -2.34. The van der Waals surface area contributed by atoms with E-state index in [1.807, 2.05) is 19.2 Å². The van der Waals surface area contributed by atoms with Crippen molar-refractivity contribution in [3.63, 3.8) is 0 Å². The molecule has 1 aliphatic rings. The van der Waals surface area contributed by atoms with Crippen LogP contribution in [0.25, 0.3) is 0 Å². The standard InChI is InChI=1S/C21H23F3N2O/c1-26(17-10-3-2-4-11-17)19-13-6-5-12-18(19)20(27)25-16-9-7-8-15(14-16)21(22,23)24/h5-9,12-14,17H,2-4,10-11H2,1H3,(H,25,27). The molecule has 0 heterocycles. The lowest BCUT2D eigenvalue weighted by molar-refractivity contribution is -0.137. The summed E-state index contributed by atoms with van der Waals surface area (Å²) >= 11 is 0. The monoisotopic (exact) mass is 376 g/mol. The molecule has 0 radical (unpaired) electrons. The van der Waals surface area contributed by atoms with Crippen molar-refractivity contribution >= 4 is 17.3 Å². The Balaban J connectivity index is 1.81. The van der Waals surface area contributed by atoms with Crippen molar-refractivity contribution in [3.8, 4) is 0 Å². The van der Waals surface area contributed by atoms with Crippen molar-refractivity contribution < 1.29 is 18.0 Å². The maximum atomic E-state index is 12.9. The molecule has 0 unspecified atom stereocenters. The van der Waals surface area contributed by atoms with E-state index in [-0.39, 0.29) is 5.69 Å². The van der Waals surface area contributed by atoms with E-state index in [4.69, 9.17) is 0 Å². The molecule has 1 fully saturated rings. The van der Waals surface area contributed by atoms with Crippen LogP contribution in [-0.2, 0) is 6.18 Å². The highest BCUT2D eigenvalue weighted by Crippen LogP contribution is 2.32. The Morgan fingerprint density at radius 2 is 1.74 bits per heavy atom. The summed E-state index contributed by atoms with van der Waals surface area (Å²) in [7, 11) is 1.98. The van der Waals surface area contributed by atoms with Crippen LogP contribution in [0.1, 0.15) is 48.0 Å². The van der Waals surface area contributed by atoms with Gasteiger partial charge in [0, 0.05) is 24.5 Å². The van der Waals surface area contributed by atoms with Gasteiger partial charge < -0.3 is 10.2 Å². The smallest absolute Gasteiger partial charge is 0.371 e. The molecule has 3 rings (SSSR count). The highest BCUT2D eigenvalue weighted by molar-refractivity contribution is 6.08. The Labute approximate surface area is 157 Å². The summed E-state index contributed by atoms with van der Waals surface area (Å²) < 4.78 is 38.7. The first-order valence-electron chi connectivity index (χ1n) is 9.17. The van der Waals surface area contributed by atoms with Gasteiger partial charge in [0.25, 0.3) is 5.91 Å². The number of hydrogen-bond acceptors (Lipinski definition) is 2. The van der Waals surface area contributed by atoms with Crippen LogP contribution in [0, 0.1) is 0 Å². The van der Waals surface area contributed by atoms with Crippen molar-refractivity contribution in [2.45, 2.75) is 44.3 Å². The van der Waals surface area contributed by atoms with Gasteiger partial charge in [-0.3, -0.25) is 4.79 Å². The molecule has 1 aliphatic carbocycles. The summed E-state index contributed by atoms with van der Waals surface area (Å²) in [6, 6.07) is 12.3. The summed E-state index contributed by atoms with van der Waals surface area (Å²) in [6.45, 7) is 0. The number of nitrogens with zero attached hydrogens (tertiary/aromatic N) is 1. The number of carbonyl (C=O) groups excluding carboxylic acids is 1. The second-order valence-electron chi connectivity index (χ2n) is 6.95. The Morgan fingerprint density at radius 1 is 1.04 bits per heavy atom. The number of para-hydroxylation sites is 1. The molecule has 144 valence electrons. The molecular weight excluding hydrogens is 353 g/mol. The van der Waals surface area contributed by atoms with Gasteiger partial charge >= 0.3 is 6.18 Å². The van der Waals surface area contributed by atoms with Crippen molar-refractivity contribution in [2.24, 2.45) is 0 Å². The number of rotatable bonds is 4. The quantitative estimate of drug-likeness (QED) is 0.739. The van der Waals surface area contributed by atoms with Crippen molar-refractivity contribution in [1.82, 2.24) is 0 Å². The molecule has 0 saturated heterocycles. The van der Waals surface area contributed by atoms with Crippen molar-refractivity contribution in [2.75, 3.05) is 17.3 Å². The first kappa shape index (κ1) is 19.3.